The van der Waals surface area contributed by atoms with Gasteiger partial charge in [-0.1, -0.05) is 29.8 Å². The third kappa shape index (κ3) is 6.59. The van der Waals surface area contributed by atoms with Crippen molar-refractivity contribution in [3.05, 3.63) is 53.1 Å². The van der Waals surface area contributed by atoms with Crippen molar-refractivity contribution in [3.63, 3.8) is 0 Å². The van der Waals surface area contributed by atoms with Gasteiger partial charge in [0.05, 0.1) is 20.3 Å². The second kappa shape index (κ2) is 12.7. The van der Waals surface area contributed by atoms with E-state index in [1.165, 1.54) is 16.8 Å². The monoisotopic (exact) mass is 542 g/mol. The number of benzene rings is 2. The average Bonchev–Trinajstić information content (AvgIpc) is 3.63. The summed E-state index contributed by atoms with van der Waals surface area (Å²) in [6.07, 6.45) is 1.87. The highest BCUT2D eigenvalue weighted by atomic mass is 35.5. The highest BCUT2D eigenvalue weighted by Crippen LogP contribution is 2.30. The molecule has 0 saturated carbocycles. The molecular formula is C26H31ClN6O5. The minimum atomic E-state index is -0.769. The molecule has 0 unspecified atom stereocenters. The van der Waals surface area contributed by atoms with Crippen LogP contribution in [0.15, 0.2) is 42.5 Å². The van der Waals surface area contributed by atoms with Crippen molar-refractivity contribution < 1.29 is 23.8 Å². The molecule has 0 bridgehead atoms. The Balaban J connectivity index is 1.50. The van der Waals surface area contributed by atoms with Crippen LogP contribution in [0.1, 0.15) is 25.3 Å². The third-order valence-corrected chi connectivity index (χ3v) is 6.73. The zero-order valence-corrected chi connectivity index (χ0v) is 22.3. The molecule has 11 nitrogen and oxygen atoms in total. The number of rotatable bonds is 11. The van der Waals surface area contributed by atoms with Gasteiger partial charge in [-0.25, -0.2) is 0 Å². The first-order valence-corrected chi connectivity index (χ1v) is 12.7. The van der Waals surface area contributed by atoms with Crippen molar-refractivity contribution in [1.29, 1.82) is 0 Å². The van der Waals surface area contributed by atoms with Crippen molar-refractivity contribution in [2.75, 3.05) is 27.4 Å². The number of amides is 2. The quantitative estimate of drug-likeness (QED) is 0.392. The normalized spacial score (nSPS) is 15.6. The average molecular weight is 543 g/mol. The highest BCUT2D eigenvalue weighted by Gasteiger charge is 2.28. The molecule has 1 aromatic heterocycles. The van der Waals surface area contributed by atoms with Gasteiger partial charge in [-0.05, 0) is 54.8 Å². The Labute approximate surface area is 226 Å². The summed E-state index contributed by atoms with van der Waals surface area (Å²) < 4.78 is 16.2. The Kier molecular flexibility index (Phi) is 9.14. The molecule has 1 aliphatic heterocycles. The van der Waals surface area contributed by atoms with Crippen LogP contribution in [0.25, 0.3) is 11.4 Å². The molecular weight excluding hydrogens is 512 g/mol. The summed E-state index contributed by atoms with van der Waals surface area (Å²) in [7, 11) is 3.09. The van der Waals surface area contributed by atoms with E-state index in [9.17, 15) is 9.59 Å². The lowest BCUT2D eigenvalue weighted by molar-refractivity contribution is -0.141. The van der Waals surface area contributed by atoms with Gasteiger partial charge in [-0.15, -0.1) is 10.2 Å². The fourth-order valence-corrected chi connectivity index (χ4v) is 4.37. The summed E-state index contributed by atoms with van der Waals surface area (Å²) in [5.74, 6) is 0.769. The molecule has 0 radical (unpaired) electrons. The van der Waals surface area contributed by atoms with Crippen molar-refractivity contribution >= 4 is 23.4 Å². The van der Waals surface area contributed by atoms with Crippen LogP contribution in [0.4, 0.5) is 0 Å². The maximum Gasteiger partial charge on any atom is 0.247 e. The molecule has 2 atom stereocenters. The van der Waals surface area contributed by atoms with E-state index in [0.717, 1.165) is 18.4 Å². The first-order chi connectivity index (χ1) is 18.4. The second-order valence-electron chi connectivity index (χ2n) is 8.88. The number of ether oxygens (including phenoxy) is 3. The van der Waals surface area contributed by atoms with Gasteiger partial charge in [0.2, 0.25) is 17.6 Å². The molecule has 1 fully saturated rings. The summed E-state index contributed by atoms with van der Waals surface area (Å²) in [5.41, 5.74) is 1.37. The van der Waals surface area contributed by atoms with E-state index in [4.69, 9.17) is 25.8 Å². The lowest BCUT2D eigenvalue weighted by atomic mass is 10.1. The first kappa shape index (κ1) is 27.3. The number of tetrazole rings is 1. The van der Waals surface area contributed by atoms with Crippen LogP contribution in [0.5, 0.6) is 11.5 Å². The minimum Gasteiger partial charge on any atom is -0.493 e. The van der Waals surface area contributed by atoms with Gasteiger partial charge < -0.3 is 24.4 Å². The van der Waals surface area contributed by atoms with E-state index < -0.39 is 6.04 Å². The van der Waals surface area contributed by atoms with Crippen molar-refractivity contribution in [2.45, 2.75) is 45.0 Å². The van der Waals surface area contributed by atoms with Crippen LogP contribution >= 0.6 is 11.6 Å². The molecule has 12 heteroatoms. The van der Waals surface area contributed by atoms with Gasteiger partial charge in [0, 0.05) is 30.3 Å². The van der Waals surface area contributed by atoms with Gasteiger partial charge >= 0.3 is 0 Å². The second-order valence-corrected chi connectivity index (χ2v) is 9.29. The number of carbonyl (C=O) groups is 2. The number of carbonyl (C=O) groups excluding carboxylic acids is 2. The Morgan fingerprint density at radius 1 is 1.21 bits per heavy atom. The van der Waals surface area contributed by atoms with Crippen LogP contribution in [0, 0.1) is 0 Å². The van der Waals surface area contributed by atoms with Gasteiger partial charge in [0.15, 0.2) is 11.5 Å². The Morgan fingerprint density at radius 3 is 2.71 bits per heavy atom. The molecule has 0 aliphatic carbocycles. The van der Waals surface area contributed by atoms with Gasteiger partial charge in [-0.2, -0.15) is 4.80 Å². The third-order valence-electron chi connectivity index (χ3n) is 6.37. The molecule has 2 amide bonds. The first-order valence-electron chi connectivity index (χ1n) is 12.3. The van der Waals surface area contributed by atoms with Gasteiger partial charge in [-0.3, -0.25) is 9.59 Å². The lowest BCUT2D eigenvalue weighted by Gasteiger charge is -2.29. The SMILES string of the molecule is COc1ccc(-c2nnn(CC(=O)N(Cc3ccccc3Cl)[C@H](C)C(=O)NC[C@@H]3CCCO3)n2)cc1OC. The number of halogens is 1. The smallest absolute Gasteiger partial charge is 0.247 e. The fourth-order valence-electron chi connectivity index (χ4n) is 4.17. The zero-order valence-electron chi connectivity index (χ0n) is 21.6. The lowest BCUT2D eigenvalue weighted by Crippen LogP contribution is -2.49. The van der Waals surface area contributed by atoms with E-state index in [1.807, 2.05) is 18.2 Å². The fraction of sp³-hybridized carbons (Fsp3) is 0.423. The molecule has 202 valence electrons. The van der Waals surface area contributed by atoms with E-state index >= 15 is 0 Å². The summed E-state index contributed by atoms with van der Waals surface area (Å²) >= 11 is 6.37. The summed E-state index contributed by atoms with van der Waals surface area (Å²) in [6, 6.07) is 11.7. The molecule has 4 rings (SSSR count). The molecule has 2 aromatic carbocycles. The molecule has 1 saturated heterocycles. The van der Waals surface area contributed by atoms with E-state index in [2.05, 4.69) is 20.7 Å². The van der Waals surface area contributed by atoms with E-state index in [0.29, 0.717) is 41.1 Å². The van der Waals surface area contributed by atoms with Crippen LogP contribution in [-0.2, 0) is 27.4 Å². The number of methoxy groups -OCH3 is 2. The predicted molar refractivity (Wildman–Crippen MR) is 140 cm³/mol. The standard InChI is InChI=1S/C26H31ClN6O5/c1-17(26(35)28-14-20-8-6-12-38-20)32(15-19-7-4-5-9-21(19)27)24(34)16-33-30-25(29-31-33)18-10-11-22(36-2)23(13-18)37-3/h4-5,7,9-11,13,17,20H,6,8,12,14-16H2,1-3H3,(H,28,35)/t17-,20+/m1/s1. The molecule has 38 heavy (non-hydrogen) atoms. The van der Waals surface area contributed by atoms with Gasteiger partial charge in [0.1, 0.15) is 12.6 Å². The number of hydrogen-bond donors (Lipinski definition) is 1. The molecule has 2 heterocycles. The van der Waals surface area contributed by atoms with E-state index in [1.54, 1.807) is 38.3 Å². The number of nitrogens with zero attached hydrogens (tertiary/aromatic N) is 5. The van der Waals surface area contributed by atoms with Crippen molar-refractivity contribution in [2.24, 2.45) is 0 Å². The number of hydrogen-bond acceptors (Lipinski definition) is 8. The topological polar surface area (TPSA) is 121 Å². The summed E-state index contributed by atoms with van der Waals surface area (Å²) in [6.45, 7) is 2.71. The van der Waals surface area contributed by atoms with Crippen LogP contribution < -0.4 is 14.8 Å². The van der Waals surface area contributed by atoms with Crippen LogP contribution in [-0.4, -0.2) is 76.4 Å². The molecule has 3 aromatic rings. The minimum absolute atomic E-state index is 0.00628. The van der Waals surface area contributed by atoms with Crippen molar-refractivity contribution in [3.8, 4) is 22.9 Å². The predicted octanol–water partition coefficient (Wildman–Crippen LogP) is 2.72. The Hall–Kier alpha value is -3.70. The van der Waals surface area contributed by atoms with Crippen LogP contribution in [0.2, 0.25) is 5.02 Å². The maximum absolute atomic E-state index is 13.5. The van der Waals surface area contributed by atoms with E-state index in [-0.39, 0.29) is 31.0 Å². The Morgan fingerprint density at radius 2 is 2.00 bits per heavy atom. The van der Waals surface area contributed by atoms with Gasteiger partial charge in [0.25, 0.3) is 0 Å². The largest absolute Gasteiger partial charge is 0.493 e. The maximum atomic E-state index is 13.5. The molecule has 1 N–H and O–H groups in total. The summed E-state index contributed by atoms with van der Waals surface area (Å²) in [4.78, 5) is 29.1. The number of aromatic nitrogens is 4. The van der Waals surface area contributed by atoms with Crippen molar-refractivity contribution in [1.82, 2.24) is 30.4 Å². The Bertz CT molecular complexity index is 1260. The molecule has 0 spiro atoms. The highest BCUT2D eigenvalue weighted by molar-refractivity contribution is 6.31. The molecule has 1 aliphatic rings. The van der Waals surface area contributed by atoms with Crippen LogP contribution in [0.3, 0.4) is 0 Å². The zero-order chi connectivity index (χ0) is 27.1. The summed E-state index contributed by atoms with van der Waals surface area (Å²) in [5, 5.41) is 15.9. The number of nitrogens with one attached hydrogen (secondary N) is 1.